The number of hydrogen-bond acceptors (Lipinski definition) is 6. The SMILES string of the molecule is CCOC(=O)CC1=C(C(=O)c2ccc(Br)cc2)C(C)(O)C(C#N)(C#N)C1. The third-order valence-electron chi connectivity index (χ3n) is 4.53. The maximum absolute atomic E-state index is 13.0. The summed E-state index contributed by atoms with van der Waals surface area (Å²) in [6.07, 6.45) is -0.448. The van der Waals surface area contributed by atoms with Gasteiger partial charge in [-0.1, -0.05) is 15.9 Å². The largest absolute Gasteiger partial charge is 0.466 e. The first-order chi connectivity index (χ1) is 12.2. The van der Waals surface area contributed by atoms with Crippen LogP contribution in [0.4, 0.5) is 0 Å². The lowest BCUT2D eigenvalue weighted by Crippen LogP contribution is -2.43. The van der Waals surface area contributed by atoms with E-state index in [4.69, 9.17) is 4.74 Å². The third-order valence-corrected chi connectivity index (χ3v) is 5.06. The van der Waals surface area contributed by atoms with Gasteiger partial charge in [-0.2, -0.15) is 10.5 Å². The number of carbonyl (C=O) groups is 2. The van der Waals surface area contributed by atoms with E-state index in [-0.39, 0.29) is 36.2 Å². The molecule has 2 rings (SSSR count). The van der Waals surface area contributed by atoms with Crippen LogP contribution in [0.2, 0.25) is 0 Å². The molecule has 0 fully saturated rings. The molecule has 26 heavy (non-hydrogen) atoms. The molecule has 0 aliphatic heterocycles. The number of ether oxygens (including phenoxy) is 1. The molecule has 0 saturated heterocycles. The van der Waals surface area contributed by atoms with Crippen LogP contribution in [0.5, 0.6) is 0 Å². The third kappa shape index (κ3) is 3.29. The Morgan fingerprint density at radius 1 is 1.27 bits per heavy atom. The average Bonchev–Trinajstić information content (AvgIpc) is 2.81. The Morgan fingerprint density at radius 2 is 1.85 bits per heavy atom. The fraction of sp³-hybridized carbons (Fsp3) is 0.368. The van der Waals surface area contributed by atoms with Crippen molar-refractivity contribution < 1.29 is 19.4 Å². The molecule has 0 amide bonds. The van der Waals surface area contributed by atoms with Crippen LogP contribution in [0.25, 0.3) is 0 Å². The van der Waals surface area contributed by atoms with E-state index in [0.29, 0.717) is 0 Å². The maximum atomic E-state index is 13.0. The number of ketones is 1. The van der Waals surface area contributed by atoms with Crippen molar-refractivity contribution in [1.82, 2.24) is 0 Å². The summed E-state index contributed by atoms with van der Waals surface area (Å²) in [6, 6.07) is 10.1. The lowest BCUT2D eigenvalue weighted by molar-refractivity contribution is -0.142. The van der Waals surface area contributed by atoms with E-state index in [1.54, 1.807) is 31.2 Å². The van der Waals surface area contributed by atoms with Crippen LogP contribution < -0.4 is 0 Å². The van der Waals surface area contributed by atoms with Crippen LogP contribution in [0.3, 0.4) is 0 Å². The maximum Gasteiger partial charge on any atom is 0.309 e. The number of Topliss-reactive ketones (excluding diaryl/α,β-unsaturated/α-hetero) is 1. The molecule has 7 heteroatoms. The van der Waals surface area contributed by atoms with Gasteiger partial charge in [-0.05, 0) is 43.7 Å². The number of esters is 1. The molecule has 0 heterocycles. The minimum Gasteiger partial charge on any atom is -0.466 e. The number of benzene rings is 1. The molecule has 1 aliphatic rings. The smallest absolute Gasteiger partial charge is 0.309 e. The molecule has 1 atom stereocenters. The van der Waals surface area contributed by atoms with Gasteiger partial charge in [-0.3, -0.25) is 9.59 Å². The van der Waals surface area contributed by atoms with Gasteiger partial charge in [-0.15, -0.1) is 0 Å². The molecule has 1 aromatic carbocycles. The first kappa shape index (κ1) is 19.8. The van der Waals surface area contributed by atoms with Gasteiger partial charge in [0, 0.05) is 22.0 Å². The van der Waals surface area contributed by atoms with Gasteiger partial charge in [0.15, 0.2) is 11.2 Å². The lowest BCUT2D eigenvalue weighted by Gasteiger charge is -2.30. The Bertz CT molecular complexity index is 843. The molecule has 1 unspecified atom stereocenters. The number of hydrogen-bond donors (Lipinski definition) is 1. The van der Waals surface area contributed by atoms with E-state index in [9.17, 15) is 25.2 Å². The molecule has 6 nitrogen and oxygen atoms in total. The molecular weight excluding hydrogens is 400 g/mol. The molecule has 0 aromatic heterocycles. The Balaban J connectivity index is 2.57. The lowest BCUT2D eigenvalue weighted by atomic mass is 9.73. The first-order valence-electron chi connectivity index (χ1n) is 7.95. The Kier molecular flexibility index (Phi) is 5.65. The predicted molar refractivity (Wildman–Crippen MR) is 95.6 cm³/mol. The van der Waals surface area contributed by atoms with E-state index in [1.165, 1.54) is 6.92 Å². The molecule has 0 spiro atoms. The summed E-state index contributed by atoms with van der Waals surface area (Å²) in [6.45, 7) is 3.09. The number of nitriles is 2. The average molecular weight is 417 g/mol. The van der Waals surface area contributed by atoms with E-state index >= 15 is 0 Å². The van der Waals surface area contributed by atoms with Crippen LogP contribution in [-0.2, 0) is 9.53 Å². The summed E-state index contributed by atoms with van der Waals surface area (Å²) in [5, 5.41) is 30.0. The fourth-order valence-electron chi connectivity index (χ4n) is 3.12. The minimum atomic E-state index is -2.01. The highest BCUT2D eigenvalue weighted by molar-refractivity contribution is 9.10. The molecule has 0 saturated carbocycles. The molecule has 0 bridgehead atoms. The summed E-state index contributed by atoms with van der Waals surface area (Å²) >= 11 is 3.28. The standard InChI is InChI=1S/C19H17BrN2O4/c1-3-26-15(23)8-13-9-19(10-21,11-22)18(2,25)16(13)17(24)12-4-6-14(20)7-5-12/h4-7,25H,3,8-9H2,1-2H3. The highest BCUT2D eigenvalue weighted by Gasteiger charge is 2.59. The number of carbonyl (C=O) groups excluding carboxylic acids is 2. The minimum absolute atomic E-state index is 0.0871. The van der Waals surface area contributed by atoms with E-state index in [0.717, 1.165) is 4.47 Å². The summed E-state index contributed by atoms with van der Waals surface area (Å²) in [5.74, 6) is -1.10. The van der Waals surface area contributed by atoms with Crippen molar-refractivity contribution >= 4 is 27.7 Å². The summed E-state index contributed by atoms with van der Waals surface area (Å²) in [4.78, 5) is 25.0. The van der Waals surface area contributed by atoms with Gasteiger partial charge in [-0.25, -0.2) is 0 Å². The second-order valence-corrected chi connectivity index (χ2v) is 7.09. The van der Waals surface area contributed by atoms with Crippen LogP contribution in [0.15, 0.2) is 39.9 Å². The number of nitrogens with zero attached hydrogens (tertiary/aromatic N) is 2. The summed E-state index contributed by atoms with van der Waals surface area (Å²) in [5.41, 5.74) is -3.39. The zero-order chi connectivity index (χ0) is 19.5. The van der Waals surface area contributed by atoms with Gasteiger partial charge in [0.05, 0.1) is 25.2 Å². The molecule has 1 N–H and O–H groups in total. The fourth-order valence-corrected chi connectivity index (χ4v) is 3.39. The van der Waals surface area contributed by atoms with E-state index in [1.807, 2.05) is 12.1 Å². The van der Waals surface area contributed by atoms with Crippen LogP contribution in [-0.4, -0.2) is 29.1 Å². The van der Waals surface area contributed by atoms with Gasteiger partial charge in [0.25, 0.3) is 0 Å². The van der Waals surface area contributed by atoms with Crippen molar-refractivity contribution in [3.05, 3.63) is 45.4 Å². The Labute approximate surface area is 159 Å². The number of halogens is 1. The molecular formula is C19H17BrN2O4. The van der Waals surface area contributed by atoms with Crippen LogP contribution in [0.1, 0.15) is 37.0 Å². The van der Waals surface area contributed by atoms with Gasteiger partial charge >= 0.3 is 5.97 Å². The monoisotopic (exact) mass is 416 g/mol. The van der Waals surface area contributed by atoms with Crippen molar-refractivity contribution in [1.29, 1.82) is 10.5 Å². The molecule has 0 radical (unpaired) electrons. The van der Waals surface area contributed by atoms with Crippen molar-refractivity contribution in [3.8, 4) is 12.1 Å². The van der Waals surface area contributed by atoms with Crippen molar-refractivity contribution in [2.24, 2.45) is 5.41 Å². The van der Waals surface area contributed by atoms with Crippen molar-refractivity contribution in [3.63, 3.8) is 0 Å². The van der Waals surface area contributed by atoms with Gasteiger partial charge in [0.1, 0.15) is 5.60 Å². The van der Waals surface area contributed by atoms with Crippen molar-refractivity contribution in [2.75, 3.05) is 6.61 Å². The molecule has 1 aromatic rings. The molecule has 1 aliphatic carbocycles. The summed E-state index contributed by atoms with van der Waals surface area (Å²) in [7, 11) is 0. The van der Waals surface area contributed by atoms with E-state index < -0.39 is 22.8 Å². The van der Waals surface area contributed by atoms with Crippen LogP contribution in [0, 0.1) is 28.1 Å². The van der Waals surface area contributed by atoms with Crippen LogP contribution >= 0.6 is 15.9 Å². The highest BCUT2D eigenvalue weighted by atomic mass is 79.9. The normalized spacial score (nSPS) is 21.0. The number of rotatable bonds is 5. The first-order valence-corrected chi connectivity index (χ1v) is 8.75. The van der Waals surface area contributed by atoms with Crippen molar-refractivity contribution in [2.45, 2.75) is 32.3 Å². The van der Waals surface area contributed by atoms with E-state index in [2.05, 4.69) is 15.9 Å². The molecule has 134 valence electrons. The zero-order valence-corrected chi connectivity index (χ0v) is 16.0. The van der Waals surface area contributed by atoms with Gasteiger partial charge < -0.3 is 9.84 Å². The zero-order valence-electron chi connectivity index (χ0n) is 14.4. The topological polar surface area (TPSA) is 111 Å². The Morgan fingerprint density at radius 3 is 2.35 bits per heavy atom. The highest BCUT2D eigenvalue weighted by Crippen LogP contribution is 2.51. The predicted octanol–water partition coefficient (Wildman–Crippen LogP) is 3.07. The second kappa shape index (κ2) is 7.41. The number of aliphatic hydroxyl groups is 1. The Hall–Kier alpha value is -2.48. The summed E-state index contributed by atoms with van der Waals surface area (Å²) < 4.78 is 5.69. The van der Waals surface area contributed by atoms with Gasteiger partial charge in [0.2, 0.25) is 0 Å². The quantitative estimate of drug-likeness (QED) is 0.582. The second-order valence-electron chi connectivity index (χ2n) is 6.17.